The van der Waals surface area contributed by atoms with Crippen LogP contribution < -0.4 is 0 Å². The van der Waals surface area contributed by atoms with E-state index in [-0.39, 0.29) is 47.9 Å². The molecule has 1 heterocycles. The topological polar surface area (TPSA) is 50.2 Å². The molecule has 0 aliphatic heterocycles. The molecular formula is C39H46IrNO2-. The first kappa shape index (κ1) is 34.4. The molecular weight excluding hydrogens is 707 g/mol. The predicted molar refractivity (Wildman–Crippen MR) is 177 cm³/mol. The van der Waals surface area contributed by atoms with Crippen molar-refractivity contribution in [3.8, 4) is 22.4 Å². The minimum atomic E-state index is -0.417. The van der Waals surface area contributed by atoms with Crippen molar-refractivity contribution in [2.24, 2.45) is 10.8 Å². The van der Waals surface area contributed by atoms with Crippen LogP contribution in [0.5, 0.6) is 0 Å². The van der Waals surface area contributed by atoms with Crippen LogP contribution in [0.25, 0.3) is 33.2 Å². The van der Waals surface area contributed by atoms with Crippen LogP contribution in [0.3, 0.4) is 0 Å². The third kappa shape index (κ3) is 7.19. The number of fused-ring (bicyclic) bond motifs is 4. The largest absolute Gasteiger partial charge is 0.512 e. The number of nitrogens with zero attached hydrogens (tertiary/aromatic N) is 1. The molecule has 1 aliphatic carbocycles. The molecule has 0 saturated carbocycles. The molecule has 0 bridgehead atoms. The van der Waals surface area contributed by atoms with E-state index in [1.165, 1.54) is 44.7 Å². The fraction of sp³-hybridized carbons (Fsp3) is 0.385. The van der Waals surface area contributed by atoms with Crippen LogP contribution in [0.1, 0.15) is 92.9 Å². The maximum Gasteiger partial charge on any atom is 0.164 e. The van der Waals surface area contributed by atoms with Gasteiger partial charge in [-0.3, -0.25) is 4.79 Å². The normalized spacial score (nSPS) is 14.3. The molecule has 4 aromatic rings. The summed E-state index contributed by atoms with van der Waals surface area (Å²) < 4.78 is 0. The Morgan fingerprint density at radius 1 is 0.837 bits per heavy atom. The molecule has 1 aliphatic rings. The van der Waals surface area contributed by atoms with Crippen molar-refractivity contribution >= 4 is 16.6 Å². The SMILES string of the molecule is CC(C)(C)C(=O)/C=C(\O)C(C)(C)C.CC(C)(C)c1cc[c-]c(-c2nccc3c2C(C)(C)c2cc4ccccc4cc2-3)c1.[Ir]. The number of hydrogen-bond acceptors (Lipinski definition) is 3. The Kier molecular flexibility index (Phi) is 9.72. The zero-order chi connectivity index (χ0) is 31.3. The fourth-order valence-corrected chi connectivity index (χ4v) is 5.26. The Morgan fingerprint density at radius 2 is 1.44 bits per heavy atom. The number of benzene rings is 3. The van der Waals surface area contributed by atoms with Crippen LogP contribution in [0.4, 0.5) is 0 Å². The second-order valence-corrected chi connectivity index (χ2v) is 15.1. The standard InChI is InChI=1S/C28H26N.C11H20O2.Ir/c1-27(2,3)21-12-8-11-20(15-21)26-25-22(13-14-29-26)23-16-18-9-6-7-10-19(18)17-24(23)28(25,4)5;1-10(2,3)8(12)7-9(13)11(4,5)6;/h6-10,12-17H,1-5H3;7,12H,1-6H3;/q-1;;/b;8-7-;. The summed E-state index contributed by atoms with van der Waals surface area (Å²) in [7, 11) is 0. The van der Waals surface area contributed by atoms with Gasteiger partial charge in [0.1, 0.15) is 5.76 Å². The number of carbonyl (C=O) groups excluding carboxylic acids is 1. The van der Waals surface area contributed by atoms with Gasteiger partial charge < -0.3 is 10.1 Å². The van der Waals surface area contributed by atoms with Crippen molar-refractivity contribution in [3.05, 3.63) is 101 Å². The fourth-order valence-electron chi connectivity index (χ4n) is 5.26. The first-order valence-corrected chi connectivity index (χ1v) is 14.8. The van der Waals surface area contributed by atoms with Crippen molar-refractivity contribution in [2.75, 3.05) is 0 Å². The average molecular weight is 753 g/mol. The third-order valence-corrected chi connectivity index (χ3v) is 8.12. The van der Waals surface area contributed by atoms with Crippen LogP contribution in [0, 0.1) is 16.9 Å². The molecule has 1 aromatic heterocycles. The number of ketones is 1. The molecule has 229 valence electrons. The zero-order valence-corrected chi connectivity index (χ0v) is 30.0. The Bertz CT molecular complexity index is 1670. The van der Waals surface area contributed by atoms with Gasteiger partial charge in [0.2, 0.25) is 0 Å². The van der Waals surface area contributed by atoms with Crippen LogP contribution in [0.2, 0.25) is 0 Å². The van der Waals surface area contributed by atoms with Crippen LogP contribution in [0.15, 0.2) is 78.7 Å². The van der Waals surface area contributed by atoms with Crippen LogP contribution >= 0.6 is 0 Å². The van der Waals surface area contributed by atoms with E-state index in [0.29, 0.717) is 0 Å². The summed E-state index contributed by atoms with van der Waals surface area (Å²) in [6, 6.07) is 25.4. The summed E-state index contributed by atoms with van der Waals surface area (Å²) >= 11 is 0. The molecule has 4 heteroatoms. The van der Waals surface area contributed by atoms with Gasteiger partial charge in [-0.25, -0.2) is 0 Å². The summed E-state index contributed by atoms with van der Waals surface area (Å²) in [6.45, 7) is 22.5. The Balaban J connectivity index is 0.000000310. The average Bonchev–Trinajstić information content (AvgIpc) is 3.12. The van der Waals surface area contributed by atoms with Gasteiger partial charge >= 0.3 is 0 Å². The molecule has 0 unspecified atom stereocenters. The molecule has 1 radical (unpaired) electrons. The summed E-state index contributed by atoms with van der Waals surface area (Å²) in [5.41, 5.74) is 8.00. The number of allylic oxidation sites excluding steroid dienone is 2. The van der Waals surface area contributed by atoms with Crippen molar-refractivity contribution in [3.63, 3.8) is 0 Å². The van der Waals surface area contributed by atoms with Crippen LogP contribution in [-0.4, -0.2) is 15.9 Å². The number of aliphatic hydroxyl groups excluding tert-OH is 1. The van der Waals surface area contributed by atoms with E-state index in [4.69, 9.17) is 4.98 Å². The first-order chi connectivity index (χ1) is 19.3. The van der Waals surface area contributed by atoms with E-state index >= 15 is 0 Å². The van der Waals surface area contributed by atoms with Gasteiger partial charge in [0.05, 0.1) is 0 Å². The van der Waals surface area contributed by atoms with E-state index in [0.717, 1.165) is 11.3 Å². The number of hydrogen-bond donors (Lipinski definition) is 1. The molecule has 43 heavy (non-hydrogen) atoms. The van der Waals surface area contributed by atoms with E-state index in [2.05, 4.69) is 95.3 Å². The maximum absolute atomic E-state index is 11.5. The second kappa shape index (κ2) is 12.1. The first-order valence-electron chi connectivity index (χ1n) is 14.8. The van der Waals surface area contributed by atoms with E-state index in [9.17, 15) is 9.90 Å². The summed E-state index contributed by atoms with van der Waals surface area (Å²) in [4.78, 5) is 16.3. The number of aliphatic hydroxyl groups is 1. The Labute approximate surface area is 272 Å². The minimum absolute atomic E-state index is 0. The molecule has 0 amide bonds. The monoisotopic (exact) mass is 753 g/mol. The summed E-state index contributed by atoms with van der Waals surface area (Å²) in [5.74, 6) is 0.104. The third-order valence-electron chi connectivity index (χ3n) is 8.12. The maximum atomic E-state index is 11.5. The molecule has 3 aromatic carbocycles. The second-order valence-electron chi connectivity index (χ2n) is 15.1. The number of rotatable bonds is 2. The van der Waals surface area contributed by atoms with Gasteiger partial charge in [-0.1, -0.05) is 100 Å². The zero-order valence-electron chi connectivity index (χ0n) is 27.6. The molecule has 3 nitrogen and oxygen atoms in total. The Morgan fingerprint density at radius 3 is 2.00 bits per heavy atom. The van der Waals surface area contributed by atoms with Gasteiger partial charge in [0.15, 0.2) is 5.78 Å². The van der Waals surface area contributed by atoms with Crippen molar-refractivity contribution in [1.82, 2.24) is 4.98 Å². The molecule has 5 rings (SSSR count). The van der Waals surface area contributed by atoms with Crippen molar-refractivity contribution in [2.45, 2.75) is 87.0 Å². The minimum Gasteiger partial charge on any atom is -0.512 e. The van der Waals surface area contributed by atoms with Gasteiger partial charge in [-0.05, 0) is 62.3 Å². The predicted octanol–water partition coefficient (Wildman–Crippen LogP) is 10.4. The van der Waals surface area contributed by atoms with Gasteiger partial charge in [0, 0.05) is 48.6 Å². The molecule has 0 fully saturated rings. The van der Waals surface area contributed by atoms with Crippen molar-refractivity contribution in [1.29, 1.82) is 0 Å². The van der Waals surface area contributed by atoms with E-state index < -0.39 is 5.41 Å². The number of pyridine rings is 1. The number of carbonyl (C=O) groups is 1. The summed E-state index contributed by atoms with van der Waals surface area (Å²) in [5, 5.41) is 12.1. The van der Waals surface area contributed by atoms with Crippen LogP contribution in [-0.2, 0) is 35.7 Å². The quantitative estimate of drug-likeness (QED) is 0.126. The van der Waals surface area contributed by atoms with Gasteiger partial charge in [0.25, 0.3) is 0 Å². The molecule has 0 saturated heterocycles. The molecule has 1 N–H and O–H groups in total. The smallest absolute Gasteiger partial charge is 0.164 e. The van der Waals surface area contributed by atoms with Crippen molar-refractivity contribution < 1.29 is 30.0 Å². The summed E-state index contributed by atoms with van der Waals surface area (Å²) in [6.07, 6.45) is 3.28. The van der Waals surface area contributed by atoms with Gasteiger partial charge in [-0.15, -0.1) is 35.4 Å². The molecule has 0 spiro atoms. The molecule has 0 atom stereocenters. The number of aromatic nitrogens is 1. The Hall–Kier alpha value is -3.07. The van der Waals surface area contributed by atoms with Gasteiger partial charge in [-0.2, -0.15) is 0 Å². The van der Waals surface area contributed by atoms with E-state index in [1.54, 1.807) is 0 Å². The van der Waals surface area contributed by atoms with E-state index in [1.807, 2.05) is 53.8 Å².